The van der Waals surface area contributed by atoms with E-state index in [1.54, 1.807) is 32.4 Å². The first kappa shape index (κ1) is 39.5. The molecule has 2 amide bonds. The van der Waals surface area contributed by atoms with Gasteiger partial charge in [0, 0.05) is 56.1 Å². The highest BCUT2D eigenvalue weighted by molar-refractivity contribution is 7.92. The second-order valence-electron chi connectivity index (χ2n) is 16.1. The summed E-state index contributed by atoms with van der Waals surface area (Å²) in [5.41, 5.74) is 3.41. The molecule has 5 heterocycles. The molecule has 1 spiro atoms. The Balaban J connectivity index is 1.31. The molecule has 5 aliphatic rings. The lowest BCUT2D eigenvalue weighted by atomic mass is 9.58. The Kier molecular flexibility index (Phi) is 10.7. The molecule has 15 heteroatoms. The van der Waals surface area contributed by atoms with Crippen LogP contribution in [0.3, 0.4) is 0 Å². The number of methoxy groups -OCH3 is 2. The number of carbonyl (C=O) groups is 2. The van der Waals surface area contributed by atoms with Crippen molar-refractivity contribution in [3.8, 4) is 11.6 Å². The van der Waals surface area contributed by atoms with Gasteiger partial charge in [0.05, 0.1) is 55.4 Å². The molecule has 2 fully saturated rings. The summed E-state index contributed by atoms with van der Waals surface area (Å²) in [6.45, 7) is 8.09. The molecule has 1 aliphatic carbocycles. The van der Waals surface area contributed by atoms with E-state index in [1.165, 1.54) is 18.0 Å². The number of ether oxygens (including phenoxy) is 4. The molecule has 1 saturated heterocycles. The van der Waals surface area contributed by atoms with Gasteiger partial charge in [0.25, 0.3) is 11.8 Å². The van der Waals surface area contributed by atoms with E-state index in [1.807, 2.05) is 26.1 Å². The summed E-state index contributed by atoms with van der Waals surface area (Å²) in [6.07, 6.45) is 9.34. The molecule has 3 aromatic rings. The highest BCUT2D eigenvalue weighted by atomic mass is 35.5. The first-order chi connectivity index (χ1) is 27.4. The zero-order chi connectivity index (χ0) is 40.2. The van der Waals surface area contributed by atoms with E-state index in [-0.39, 0.29) is 46.7 Å². The Bertz CT molecular complexity index is 2250. The smallest absolute Gasteiger partial charge is 0.286 e. The number of hydrogen-bond donors (Lipinski definition) is 1. The Morgan fingerprint density at radius 2 is 1.95 bits per heavy atom. The van der Waals surface area contributed by atoms with Crippen LogP contribution in [0.25, 0.3) is 0 Å². The van der Waals surface area contributed by atoms with Crippen molar-refractivity contribution in [1.29, 1.82) is 0 Å². The summed E-state index contributed by atoms with van der Waals surface area (Å²) < 4.78 is 48.9. The molecule has 13 nitrogen and oxygen atoms in total. The Hall–Kier alpha value is -4.37. The average molecular weight is 819 g/mol. The van der Waals surface area contributed by atoms with Crippen molar-refractivity contribution >= 4 is 39.0 Å². The van der Waals surface area contributed by atoms with E-state index in [4.69, 9.17) is 37.1 Å². The predicted molar refractivity (Wildman–Crippen MR) is 218 cm³/mol. The van der Waals surface area contributed by atoms with Gasteiger partial charge in [0.2, 0.25) is 5.88 Å². The van der Waals surface area contributed by atoms with Crippen LogP contribution in [0.4, 0.5) is 5.69 Å². The molecule has 1 unspecified atom stereocenters. The molecule has 2 aromatic carbocycles. The highest BCUT2D eigenvalue weighted by Crippen LogP contribution is 2.57. The number of aromatic nitrogens is 2. The Labute approximate surface area is 339 Å². The number of anilines is 1. The molecule has 1 saturated carbocycles. The topological polar surface area (TPSA) is 137 Å². The molecule has 8 rings (SSSR count). The number of fused-ring (bicyclic) bond motifs is 3. The van der Waals surface area contributed by atoms with Gasteiger partial charge < -0.3 is 28.7 Å². The minimum absolute atomic E-state index is 0.0294. The maximum Gasteiger partial charge on any atom is 0.286 e. The van der Waals surface area contributed by atoms with Gasteiger partial charge >= 0.3 is 0 Å². The zero-order valence-corrected chi connectivity index (χ0v) is 34.7. The first-order valence-electron chi connectivity index (χ1n) is 19.6. The van der Waals surface area contributed by atoms with E-state index in [0.717, 1.165) is 48.9 Å². The van der Waals surface area contributed by atoms with Crippen LogP contribution in [-0.4, -0.2) is 89.2 Å². The summed E-state index contributed by atoms with van der Waals surface area (Å²) in [5.74, 6) is -1.34. The molecule has 1 N–H and O–H groups in total. The van der Waals surface area contributed by atoms with Crippen molar-refractivity contribution in [3.05, 3.63) is 94.4 Å². The van der Waals surface area contributed by atoms with Crippen LogP contribution in [0, 0.1) is 23.2 Å². The number of allylic oxidation sites excluding steroid dienone is 1. The van der Waals surface area contributed by atoms with Gasteiger partial charge in [-0.1, -0.05) is 37.2 Å². The van der Waals surface area contributed by atoms with Crippen molar-refractivity contribution in [2.24, 2.45) is 34.6 Å². The van der Waals surface area contributed by atoms with Gasteiger partial charge in [0.15, 0.2) is 0 Å². The second-order valence-corrected chi connectivity index (χ2v) is 18.5. The summed E-state index contributed by atoms with van der Waals surface area (Å²) in [7, 11) is 3.04. The van der Waals surface area contributed by atoms with Gasteiger partial charge in [-0.2, -0.15) is 0 Å². The van der Waals surface area contributed by atoms with Crippen LogP contribution in [0.5, 0.6) is 11.6 Å². The molecule has 57 heavy (non-hydrogen) atoms. The number of hydrogen-bond acceptors (Lipinski definition) is 10. The molecule has 2 bridgehead atoms. The van der Waals surface area contributed by atoms with E-state index in [0.29, 0.717) is 36.2 Å². The number of benzene rings is 2. The number of halogens is 1. The fourth-order valence-corrected chi connectivity index (χ4v) is 11.9. The van der Waals surface area contributed by atoms with Crippen molar-refractivity contribution in [3.63, 3.8) is 0 Å². The SMILES string of the molecule is C=C1[C@@H]2CC[C@H]2[C@@H](OC)[C@]23C=CN(C)[C@H]2CO[C@@H]3[C@H](C)CS(=O)(NC(=O)c2cn(C)nc2OC)=NC(=O)c2ccc3c(c2)N1Cc1ccc(Cl)cc1CCCCO3. The first-order valence-corrected chi connectivity index (χ1v) is 21.7. The van der Waals surface area contributed by atoms with Crippen LogP contribution < -0.4 is 19.1 Å². The van der Waals surface area contributed by atoms with E-state index in [9.17, 15) is 9.59 Å². The third-order valence-corrected chi connectivity index (χ3v) is 14.8. The maximum absolute atomic E-state index is 15.3. The molecular formula is C42H51ClN6O7S. The number of amides is 2. The number of carbonyl (C=O) groups excluding carboxylic acids is 2. The lowest BCUT2D eigenvalue weighted by Gasteiger charge is -2.52. The normalized spacial score (nSPS) is 31.2. The Morgan fingerprint density at radius 1 is 1.12 bits per heavy atom. The minimum Gasteiger partial charge on any atom is -0.491 e. The summed E-state index contributed by atoms with van der Waals surface area (Å²) in [6, 6.07) is 11.1. The molecule has 4 aliphatic heterocycles. The highest BCUT2D eigenvalue weighted by Gasteiger charge is 2.63. The monoisotopic (exact) mass is 818 g/mol. The third-order valence-electron chi connectivity index (χ3n) is 12.6. The quantitative estimate of drug-likeness (QED) is 0.326. The van der Waals surface area contributed by atoms with Crippen LogP contribution in [0.15, 0.2) is 71.5 Å². The fraction of sp³-hybridized carbons (Fsp3) is 0.500. The van der Waals surface area contributed by atoms with Gasteiger partial charge in [0.1, 0.15) is 21.2 Å². The van der Waals surface area contributed by atoms with Gasteiger partial charge in [-0.25, -0.2) is 4.21 Å². The minimum atomic E-state index is -3.81. The van der Waals surface area contributed by atoms with Crippen LogP contribution in [0.2, 0.25) is 5.02 Å². The van der Waals surface area contributed by atoms with Gasteiger partial charge in [-0.3, -0.25) is 19.0 Å². The summed E-state index contributed by atoms with van der Waals surface area (Å²) in [5, 5.41) is 4.88. The molecule has 1 aromatic heterocycles. The number of aryl methyl sites for hydroxylation is 2. The standard InChI is InChI=1S/C42H51ClN6O7S/c1-25-24-57(52,46-40(51)33-22-48(4)44-41(33)54-6)45-39(50)28-11-15-35-34(20-28)49(21-29-10-12-30(43)19-27(29)9-7-8-18-55-35)26(2)31-13-14-32(31)38(53-5)42-16-17-47(3)36(42)23-56-37(25)42/h10-12,15-17,19-20,22,25,31-32,36-38H,2,7-9,13-14,18,21,23-24H2,1,3-6H3,(H,45,46,50,51,52)/t25-,31+,32-,36+,37-,38-,42-,57?/m1/s1. The maximum atomic E-state index is 15.3. The van der Waals surface area contributed by atoms with Crippen molar-refractivity contribution in [1.82, 2.24) is 19.4 Å². The fourth-order valence-electron chi connectivity index (χ4n) is 9.84. The molecular weight excluding hydrogens is 768 g/mol. The van der Waals surface area contributed by atoms with Crippen molar-refractivity contribution in [2.45, 2.75) is 63.8 Å². The van der Waals surface area contributed by atoms with Crippen LogP contribution in [0.1, 0.15) is 64.4 Å². The van der Waals surface area contributed by atoms with Crippen molar-refractivity contribution in [2.75, 3.05) is 45.1 Å². The number of likely N-dealkylation sites (N-methyl/N-ethyl adjacent to an activating group) is 1. The predicted octanol–water partition coefficient (Wildman–Crippen LogP) is 6.17. The van der Waals surface area contributed by atoms with Crippen molar-refractivity contribution < 1.29 is 32.7 Å². The van der Waals surface area contributed by atoms with E-state index < -0.39 is 39.2 Å². The molecule has 8 atom stereocenters. The lowest BCUT2D eigenvalue weighted by molar-refractivity contribution is -0.109. The summed E-state index contributed by atoms with van der Waals surface area (Å²) >= 11 is 6.55. The largest absolute Gasteiger partial charge is 0.491 e. The second kappa shape index (κ2) is 15.4. The zero-order valence-electron chi connectivity index (χ0n) is 33.1. The summed E-state index contributed by atoms with van der Waals surface area (Å²) in [4.78, 5) is 32.7. The molecule has 304 valence electrons. The Morgan fingerprint density at radius 3 is 2.70 bits per heavy atom. The van der Waals surface area contributed by atoms with Crippen LogP contribution >= 0.6 is 11.6 Å². The number of nitrogens with zero attached hydrogens (tertiary/aromatic N) is 5. The number of nitrogens with one attached hydrogen (secondary N) is 1. The van der Waals surface area contributed by atoms with E-state index >= 15 is 4.21 Å². The third kappa shape index (κ3) is 7.02. The number of rotatable bonds is 4. The van der Waals surface area contributed by atoms with Gasteiger partial charge in [-0.05, 0) is 91.6 Å². The van der Waals surface area contributed by atoms with E-state index in [2.05, 4.69) is 42.3 Å². The lowest BCUT2D eigenvalue weighted by Crippen LogP contribution is -2.58. The molecule has 0 radical (unpaired) electrons. The van der Waals surface area contributed by atoms with Crippen LogP contribution in [-0.2, 0) is 39.4 Å². The van der Waals surface area contributed by atoms with Gasteiger partial charge in [-0.15, -0.1) is 9.46 Å². The average Bonchev–Trinajstić information content (AvgIpc) is 3.84.